The summed E-state index contributed by atoms with van der Waals surface area (Å²) in [5, 5.41) is 2.33. The number of rotatable bonds is 9. The third-order valence-corrected chi connectivity index (χ3v) is 3.90. The van der Waals surface area contributed by atoms with Crippen molar-refractivity contribution < 1.29 is 23.8 Å². The second kappa shape index (κ2) is 11.0. The van der Waals surface area contributed by atoms with E-state index in [2.05, 4.69) is 5.32 Å². The second-order valence-corrected chi connectivity index (χ2v) is 6.08. The average Bonchev–Trinajstić information content (AvgIpc) is 2.71. The molecule has 0 bridgehead atoms. The van der Waals surface area contributed by atoms with Gasteiger partial charge in [0, 0.05) is 6.08 Å². The minimum atomic E-state index is -1.24. The largest absolute Gasteiger partial charge is 0.493 e. The van der Waals surface area contributed by atoms with Crippen molar-refractivity contribution in [2.45, 2.75) is 19.0 Å². The lowest BCUT2D eigenvalue weighted by molar-refractivity contribution is -0.144. The zero-order valence-electron chi connectivity index (χ0n) is 15.7. The Kier molecular flexibility index (Phi) is 8.37. The molecule has 0 aliphatic carbocycles. The van der Waals surface area contributed by atoms with E-state index in [0.29, 0.717) is 18.1 Å². The zero-order valence-corrected chi connectivity index (χ0v) is 16.4. The molecule has 0 aliphatic rings. The van der Waals surface area contributed by atoms with E-state index in [1.807, 2.05) is 30.3 Å². The number of amides is 1. The van der Waals surface area contributed by atoms with E-state index in [-0.39, 0.29) is 6.61 Å². The molecule has 0 saturated carbocycles. The summed E-state index contributed by atoms with van der Waals surface area (Å²) in [5.41, 5.74) is 0.510. The summed E-state index contributed by atoms with van der Waals surface area (Å²) in [5.74, 6) is -0.0843. The van der Waals surface area contributed by atoms with Crippen molar-refractivity contribution in [1.82, 2.24) is 5.32 Å². The van der Waals surface area contributed by atoms with E-state index in [1.165, 1.54) is 6.08 Å². The van der Waals surface area contributed by atoms with Crippen molar-refractivity contribution >= 4 is 29.6 Å². The molecule has 1 amide bonds. The number of benzene rings is 2. The smallest absolute Gasteiger partial charge is 0.344 e. The van der Waals surface area contributed by atoms with Gasteiger partial charge in [0.15, 0.2) is 11.5 Å². The number of hydrogen-bond donors (Lipinski definition) is 1. The van der Waals surface area contributed by atoms with Crippen LogP contribution in [-0.4, -0.2) is 31.1 Å². The predicted molar refractivity (Wildman–Crippen MR) is 107 cm³/mol. The normalized spacial score (nSPS) is 11.7. The Morgan fingerprint density at radius 1 is 1.14 bits per heavy atom. The number of halogens is 1. The molecule has 0 radical (unpaired) electrons. The van der Waals surface area contributed by atoms with Gasteiger partial charge in [0.2, 0.25) is 11.4 Å². The van der Waals surface area contributed by atoms with Gasteiger partial charge in [0.05, 0.1) is 13.7 Å². The molecule has 1 N–H and O–H groups in total. The van der Waals surface area contributed by atoms with Crippen molar-refractivity contribution in [2.75, 3.05) is 13.7 Å². The fourth-order valence-electron chi connectivity index (χ4n) is 2.26. The van der Waals surface area contributed by atoms with Gasteiger partial charge in [-0.1, -0.05) is 48.0 Å². The molecule has 0 fully saturated rings. The first-order valence-corrected chi connectivity index (χ1v) is 9.11. The Labute approximate surface area is 169 Å². The molecule has 2 aromatic rings. The van der Waals surface area contributed by atoms with Crippen molar-refractivity contribution in [3.63, 3.8) is 0 Å². The molecule has 1 unspecified atom stereocenters. The van der Waals surface area contributed by atoms with Gasteiger partial charge in [-0.3, -0.25) is 4.79 Å². The van der Waals surface area contributed by atoms with Crippen LogP contribution in [0.25, 0.3) is 6.08 Å². The van der Waals surface area contributed by atoms with E-state index in [9.17, 15) is 9.59 Å². The fourth-order valence-corrected chi connectivity index (χ4v) is 2.43. The molecule has 0 saturated heterocycles. The maximum Gasteiger partial charge on any atom is 0.344 e. The van der Waals surface area contributed by atoms with Crippen LogP contribution in [0.5, 0.6) is 11.5 Å². The minimum Gasteiger partial charge on any atom is -0.493 e. The van der Waals surface area contributed by atoms with Crippen molar-refractivity contribution in [1.29, 1.82) is 0 Å². The van der Waals surface area contributed by atoms with E-state index in [1.54, 1.807) is 38.3 Å². The van der Waals surface area contributed by atoms with Gasteiger partial charge in [0.25, 0.3) is 0 Å². The number of ether oxygens (including phenoxy) is 3. The lowest BCUT2D eigenvalue weighted by Crippen LogP contribution is -2.36. The molecular formula is C21H22ClNO5. The van der Waals surface area contributed by atoms with Crippen molar-refractivity contribution in [3.8, 4) is 11.5 Å². The number of methoxy groups -OCH3 is 1. The Morgan fingerprint density at radius 3 is 2.57 bits per heavy atom. The topological polar surface area (TPSA) is 73.9 Å². The minimum absolute atomic E-state index is 0.186. The highest BCUT2D eigenvalue weighted by atomic mass is 35.5. The molecule has 7 heteroatoms. The summed E-state index contributed by atoms with van der Waals surface area (Å²) >= 11 is 5.77. The average molecular weight is 404 g/mol. The number of hydrogen-bond acceptors (Lipinski definition) is 5. The van der Waals surface area contributed by atoms with Gasteiger partial charge in [-0.05, 0) is 36.3 Å². The molecule has 0 spiro atoms. The SMILES string of the molecule is CCOC(=O)C(Cl)NC(=O)/C=C/c1ccc(OC)c(OCc2ccccc2)c1. The summed E-state index contributed by atoms with van der Waals surface area (Å²) in [6.45, 7) is 2.23. The summed E-state index contributed by atoms with van der Waals surface area (Å²) in [6, 6.07) is 15.0. The van der Waals surface area contributed by atoms with Crippen LogP contribution >= 0.6 is 11.6 Å². The molecule has 0 heterocycles. The van der Waals surface area contributed by atoms with Crippen LogP contribution in [0, 0.1) is 0 Å². The molecule has 2 aromatic carbocycles. The summed E-state index contributed by atoms with van der Waals surface area (Å²) < 4.78 is 15.9. The third kappa shape index (κ3) is 6.63. The predicted octanol–water partition coefficient (Wildman–Crippen LogP) is 3.53. The summed E-state index contributed by atoms with van der Waals surface area (Å²) in [6.07, 6.45) is 2.86. The Morgan fingerprint density at radius 2 is 1.89 bits per heavy atom. The maximum absolute atomic E-state index is 11.9. The van der Waals surface area contributed by atoms with Crippen molar-refractivity contribution in [3.05, 3.63) is 65.7 Å². The maximum atomic E-state index is 11.9. The lowest BCUT2D eigenvalue weighted by atomic mass is 10.2. The first kappa shape index (κ1) is 21.3. The number of carbonyl (C=O) groups is 2. The summed E-state index contributed by atoms with van der Waals surface area (Å²) in [4.78, 5) is 23.3. The quantitative estimate of drug-likeness (QED) is 0.300. The van der Waals surface area contributed by atoms with Crippen molar-refractivity contribution in [2.24, 2.45) is 0 Å². The van der Waals surface area contributed by atoms with Gasteiger partial charge in [-0.25, -0.2) is 4.79 Å². The summed E-state index contributed by atoms with van der Waals surface area (Å²) in [7, 11) is 1.56. The van der Waals surface area contributed by atoms with Crippen LogP contribution in [0.15, 0.2) is 54.6 Å². The third-order valence-electron chi connectivity index (χ3n) is 3.61. The van der Waals surface area contributed by atoms with Crippen LogP contribution in [0.1, 0.15) is 18.1 Å². The van der Waals surface area contributed by atoms with Gasteiger partial charge in [-0.2, -0.15) is 0 Å². The molecule has 0 aliphatic heterocycles. The Balaban J connectivity index is 2.02. The highest BCUT2D eigenvalue weighted by molar-refractivity contribution is 6.30. The Hall–Kier alpha value is -2.99. The molecule has 2 rings (SSSR count). The van der Waals surface area contributed by atoms with E-state index >= 15 is 0 Å². The fraction of sp³-hybridized carbons (Fsp3) is 0.238. The number of alkyl halides is 1. The first-order chi connectivity index (χ1) is 13.5. The van der Waals surface area contributed by atoms with Crippen LogP contribution in [0.2, 0.25) is 0 Å². The lowest BCUT2D eigenvalue weighted by Gasteiger charge is -2.11. The number of nitrogens with one attached hydrogen (secondary N) is 1. The van der Waals surface area contributed by atoms with Gasteiger partial charge in [-0.15, -0.1) is 0 Å². The van der Waals surface area contributed by atoms with Crippen LogP contribution < -0.4 is 14.8 Å². The number of esters is 1. The van der Waals surface area contributed by atoms with E-state index in [4.69, 9.17) is 25.8 Å². The molecule has 28 heavy (non-hydrogen) atoms. The Bertz CT molecular complexity index is 823. The van der Waals surface area contributed by atoms with Gasteiger partial charge in [0.1, 0.15) is 6.61 Å². The highest BCUT2D eigenvalue weighted by Crippen LogP contribution is 2.29. The zero-order chi connectivity index (χ0) is 20.4. The van der Waals surface area contributed by atoms with E-state index < -0.39 is 17.4 Å². The van der Waals surface area contributed by atoms with Gasteiger partial charge < -0.3 is 19.5 Å². The molecule has 0 aromatic heterocycles. The molecule has 6 nitrogen and oxygen atoms in total. The monoisotopic (exact) mass is 403 g/mol. The van der Waals surface area contributed by atoms with Crippen LogP contribution in [0.4, 0.5) is 0 Å². The number of carbonyl (C=O) groups excluding carboxylic acids is 2. The first-order valence-electron chi connectivity index (χ1n) is 8.67. The highest BCUT2D eigenvalue weighted by Gasteiger charge is 2.17. The molecule has 148 valence electrons. The standard InChI is InChI=1S/C21H22ClNO5/c1-3-27-21(25)20(22)23-19(24)12-10-15-9-11-17(26-2)18(13-15)28-14-16-7-5-4-6-8-16/h4-13,20H,3,14H2,1-2H3,(H,23,24)/b12-10+. The second-order valence-electron chi connectivity index (χ2n) is 5.64. The van der Waals surface area contributed by atoms with Crippen LogP contribution in [-0.2, 0) is 20.9 Å². The van der Waals surface area contributed by atoms with Crippen LogP contribution in [0.3, 0.4) is 0 Å². The molecule has 1 atom stereocenters. The van der Waals surface area contributed by atoms with E-state index in [0.717, 1.165) is 11.1 Å². The molecular weight excluding hydrogens is 382 g/mol. The van der Waals surface area contributed by atoms with Gasteiger partial charge >= 0.3 is 5.97 Å².